The predicted octanol–water partition coefficient (Wildman–Crippen LogP) is 5.16. The number of rotatable bonds is 7. The smallest absolute Gasteiger partial charge is 0.285 e. The van der Waals surface area contributed by atoms with Gasteiger partial charge in [-0.05, 0) is 60.6 Å². The van der Waals surface area contributed by atoms with Crippen LogP contribution in [-0.2, 0) is 11.2 Å². The van der Waals surface area contributed by atoms with Crippen LogP contribution in [0.1, 0.15) is 27.0 Å². The minimum absolute atomic E-state index is 0.285. The molecule has 0 spiro atoms. The summed E-state index contributed by atoms with van der Waals surface area (Å²) in [4.78, 5) is 25.7. The molecule has 1 N–H and O–H groups in total. The van der Waals surface area contributed by atoms with E-state index in [0.29, 0.717) is 17.1 Å². The van der Waals surface area contributed by atoms with Crippen molar-refractivity contribution in [2.24, 2.45) is 0 Å². The lowest BCUT2D eigenvalue weighted by molar-refractivity contribution is -0.123. The van der Waals surface area contributed by atoms with E-state index in [-0.39, 0.29) is 16.1 Å². The van der Waals surface area contributed by atoms with Gasteiger partial charge in [-0.15, -0.1) is 0 Å². The number of benzene rings is 3. The van der Waals surface area contributed by atoms with Crippen LogP contribution < -0.4 is 10.2 Å². The number of thiocarbonyl (C=S) groups is 1. The first-order valence-electron chi connectivity index (χ1n) is 10.4. The van der Waals surface area contributed by atoms with E-state index in [1.807, 2.05) is 61.5 Å². The molecule has 0 bridgehead atoms. The molecule has 3 aromatic carbocycles. The monoisotopic (exact) mass is 474 g/mol. The van der Waals surface area contributed by atoms with Crippen LogP contribution in [0, 0.1) is 6.92 Å². The normalized spacial score (nSPS) is 14.6. The Morgan fingerprint density at radius 2 is 1.73 bits per heavy atom. The minimum Gasteiger partial charge on any atom is -0.493 e. The molecule has 0 aromatic heterocycles. The third kappa shape index (κ3) is 5.88. The molecule has 2 amide bonds. The zero-order valence-corrected chi connectivity index (χ0v) is 19.6. The van der Waals surface area contributed by atoms with E-state index < -0.39 is 0 Å². The molecular formula is C26H22N2O3S2. The van der Waals surface area contributed by atoms with Crippen LogP contribution in [0.2, 0.25) is 0 Å². The molecular weight excluding hydrogens is 452 g/mol. The number of hydrogen-bond acceptors (Lipinski definition) is 5. The second-order valence-corrected chi connectivity index (χ2v) is 9.15. The molecule has 1 saturated heterocycles. The molecule has 0 atom stereocenters. The molecule has 0 radical (unpaired) electrons. The zero-order chi connectivity index (χ0) is 23.2. The van der Waals surface area contributed by atoms with Crippen molar-refractivity contribution in [3.8, 4) is 5.75 Å². The van der Waals surface area contributed by atoms with Crippen LogP contribution in [-0.4, -0.2) is 27.8 Å². The lowest BCUT2D eigenvalue weighted by atomic mass is 10.1. The topological polar surface area (TPSA) is 58.6 Å². The largest absolute Gasteiger partial charge is 0.493 e. The van der Waals surface area contributed by atoms with Crippen LogP contribution in [0.15, 0.2) is 83.8 Å². The van der Waals surface area contributed by atoms with Gasteiger partial charge in [-0.3, -0.25) is 15.0 Å². The lowest BCUT2D eigenvalue weighted by Gasteiger charge is -2.15. The molecule has 3 aromatic rings. The maximum atomic E-state index is 12.8. The first-order chi connectivity index (χ1) is 16.0. The van der Waals surface area contributed by atoms with Gasteiger partial charge in [-0.2, -0.15) is 5.01 Å². The van der Waals surface area contributed by atoms with Crippen molar-refractivity contribution < 1.29 is 14.3 Å². The molecule has 0 aliphatic carbocycles. The van der Waals surface area contributed by atoms with E-state index in [1.165, 1.54) is 5.56 Å². The predicted molar refractivity (Wildman–Crippen MR) is 136 cm³/mol. The average Bonchev–Trinajstić information content (AvgIpc) is 3.08. The molecule has 1 aliphatic heterocycles. The Morgan fingerprint density at radius 3 is 2.42 bits per heavy atom. The van der Waals surface area contributed by atoms with Crippen molar-refractivity contribution in [1.82, 2.24) is 10.4 Å². The molecule has 33 heavy (non-hydrogen) atoms. The summed E-state index contributed by atoms with van der Waals surface area (Å²) in [6.07, 6.45) is 2.59. The maximum Gasteiger partial charge on any atom is 0.285 e. The van der Waals surface area contributed by atoms with Gasteiger partial charge in [0.2, 0.25) is 0 Å². The second-order valence-electron chi connectivity index (χ2n) is 7.48. The van der Waals surface area contributed by atoms with Gasteiger partial charge in [0.25, 0.3) is 11.8 Å². The van der Waals surface area contributed by atoms with E-state index in [0.717, 1.165) is 40.1 Å². The summed E-state index contributed by atoms with van der Waals surface area (Å²) in [7, 11) is 0. The summed E-state index contributed by atoms with van der Waals surface area (Å²) in [6, 6.07) is 24.8. The highest BCUT2D eigenvalue weighted by atomic mass is 32.2. The lowest BCUT2D eigenvalue weighted by Crippen LogP contribution is -2.44. The number of nitrogens with zero attached hydrogens (tertiary/aromatic N) is 1. The number of ether oxygens (including phenoxy) is 1. The van der Waals surface area contributed by atoms with Crippen LogP contribution >= 0.6 is 24.0 Å². The highest BCUT2D eigenvalue weighted by Gasteiger charge is 2.33. The summed E-state index contributed by atoms with van der Waals surface area (Å²) in [6.45, 7) is 2.53. The van der Waals surface area contributed by atoms with Crippen LogP contribution in [0.5, 0.6) is 5.75 Å². The number of aryl methyl sites for hydroxylation is 1. The zero-order valence-electron chi connectivity index (χ0n) is 18.0. The average molecular weight is 475 g/mol. The summed E-state index contributed by atoms with van der Waals surface area (Å²) in [5, 5.41) is 1.12. The third-order valence-electron chi connectivity index (χ3n) is 5.00. The van der Waals surface area contributed by atoms with E-state index in [9.17, 15) is 9.59 Å². The van der Waals surface area contributed by atoms with Crippen molar-refractivity contribution in [3.63, 3.8) is 0 Å². The molecule has 1 fully saturated rings. The van der Waals surface area contributed by atoms with E-state index in [4.69, 9.17) is 17.0 Å². The fourth-order valence-corrected chi connectivity index (χ4v) is 4.36. The van der Waals surface area contributed by atoms with Gasteiger partial charge in [-0.1, -0.05) is 71.9 Å². The standard InChI is InChI=1S/C26H22N2O3S2/c1-18-7-11-21(12-8-18)24(29)27-28-25(30)23(33-26(28)32)17-20-9-13-22(14-10-20)31-16-15-19-5-3-2-4-6-19/h2-14,17H,15-16H2,1H3,(H,27,29)/b23-17-. The quantitative estimate of drug-likeness (QED) is 0.379. The van der Waals surface area contributed by atoms with E-state index in [1.54, 1.807) is 18.2 Å². The molecule has 166 valence electrons. The number of nitrogens with one attached hydrogen (secondary N) is 1. The summed E-state index contributed by atoms with van der Waals surface area (Å²) >= 11 is 6.46. The Morgan fingerprint density at radius 1 is 1.03 bits per heavy atom. The van der Waals surface area contributed by atoms with Gasteiger partial charge in [0.05, 0.1) is 11.5 Å². The Hall–Kier alpha value is -3.42. The third-order valence-corrected chi connectivity index (χ3v) is 6.30. The number of thioether (sulfide) groups is 1. The molecule has 4 rings (SSSR count). The Bertz CT molecular complexity index is 1190. The number of carbonyl (C=O) groups is 2. The highest BCUT2D eigenvalue weighted by Crippen LogP contribution is 2.31. The van der Waals surface area contributed by atoms with E-state index in [2.05, 4.69) is 17.6 Å². The summed E-state index contributed by atoms with van der Waals surface area (Å²) in [5.74, 6) is 0.0270. The SMILES string of the molecule is Cc1ccc(C(=O)NN2C(=O)/C(=C/c3ccc(OCCc4ccccc4)cc3)SC2=S)cc1. The fourth-order valence-electron chi connectivity index (χ4n) is 3.18. The fraction of sp³-hybridized carbons (Fsp3) is 0.115. The van der Waals surface area contributed by atoms with Crippen molar-refractivity contribution in [3.05, 3.63) is 106 Å². The van der Waals surface area contributed by atoms with Gasteiger partial charge in [-0.25, -0.2) is 0 Å². The van der Waals surface area contributed by atoms with Gasteiger partial charge in [0.1, 0.15) is 5.75 Å². The van der Waals surface area contributed by atoms with Gasteiger partial charge < -0.3 is 4.74 Å². The molecule has 1 aliphatic rings. The molecule has 0 saturated carbocycles. The summed E-state index contributed by atoms with van der Waals surface area (Å²) in [5.41, 5.74) is 6.18. The number of carbonyl (C=O) groups excluding carboxylic acids is 2. The van der Waals surface area contributed by atoms with Crippen LogP contribution in [0.4, 0.5) is 0 Å². The van der Waals surface area contributed by atoms with Gasteiger partial charge in [0.15, 0.2) is 4.32 Å². The van der Waals surface area contributed by atoms with Crippen LogP contribution in [0.3, 0.4) is 0 Å². The molecule has 7 heteroatoms. The van der Waals surface area contributed by atoms with Gasteiger partial charge >= 0.3 is 0 Å². The Labute approximate surface area is 202 Å². The van der Waals surface area contributed by atoms with Crippen molar-refractivity contribution >= 4 is 46.2 Å². The molecule has 1 heterocycles. The van der Waals surface area contributed by atoms with Crippen molar-refractivity contribution in [1.29, 1.82) is 0 Å². The summed E-state index contributed by atoms with van der Waals surface area (Å²) < 4.78 is 6.10. The first kappa shape index (κ1) is 22.8. The van der Waals surface area contributed by atoms with Crippen molar-refractivity contribution in [2.75, 3.05) is 6.61 Å². The molecule has 5 nitrogen and oxygen atoms in total. The second kappa shape index (κ2) is 10.5. The number of amides is 2. The van der Waals surface area contributed by atoms with Crippen molar-refractivity contribution in [2.45, 2.75) is 13.3 Å². The highest BCUT2D eigenvalue weighted by molar-refractivity contribution is 8.26. The first-order valence-corrected chi connectivity index (χ1v) is 11.6. The Kier molecular flexibility index (Phi) is 7.22. The van der Waals surface area contributed by atoms with Gasteiger partial charge in [0, 0.05) is 12.0 Å². The molecule has 0 unspecified atom stereocenters. The minimum atomic E-state index is -0.385. The maximum absolute atomic E-state index is 12.8. The van der Waals surface area contributed by atoms with Crippen LogP contribution in [0.25, 0.3) is 6.08 Å². The Balaban J connectivity index is 1.35. The number of hydrazine groups is 1. The van der Waals surface area contributed by atoms with E-state index >= 15 is 0 Å². The number of hydrogen-bond donors (Lipinski definition) is 1.